The number of ether oxygens (including phenoxy) is 2. The number of amides is 1. The fourth-order valence-corrected chi connectivity index (χ4v) is 2.33. The molecule has 0 radical (unpaired) electrons. The van der Waals surface area contributed by atoms with E-state index in [9.17, 15) is 18.8 Å². The lowest BCUT2D eigenvalue weighted by atomic mass is 10.2. The van der Waals surface area contributed by atoms with Crippen LogP contribution >= 0.6 is 11.6 Å². The summed E-state index contributed by atoms with van der Waals surface area (Å²) in [5, 5.41) is 2.66. The van der Waals surface area contributed by atoms with Gasteiger partial charge in [0.1, 0.15) is 5.82 Å². The Balaban J connectivity index is 1.84. The second-order valence-corrected chi connectivity index (χ2v) is 5.83. The van der Waals surface area contributed by atoms with Crippen LogP contribution in [0.1, 0.15) is 22.8 Å². The highest BCUT2D eigenvalue weighted by molar-refractivity contribution is 6.32. The van der Waals surface area contributed by atoms with E-state index >= 15 is 0 Å². The highest BCUT2D eigenvalue weighted by Gasteiger charge is 2.09. The Morgan fingerprint density at radius 3 is 2.46 bits per heavy atom. The van der Waals surface area contributed by atoms with Gasteiger partial charge in [-0.25, -0.2) is 14.0 Å². The van der Waals surface area contributed by atoms with E-state index in [4.69, 9.17) is 21.1 Å². The van der Waals surface area contributed by atoms with Crippen LogP contribution in [0.25, 0.3) is 6.08 Å². The maximum atomic E-state index is 13.6. The van der Waals surface area contributed by atoms with Crippen molar-refractivity contribution in [1.29, 1.82) is 0 Å². The molecule has 0 saturated carbocycles. The van der Waals surface area contributed by atoms with Crippen molar-refractivity contribution in [2.75, 3.05) is 18.5 Å². The van der Waals surface area contributed by atoms with Crippen molar-refractivity contribution >= 4 is 41.2 Å². The quantitative estimate of drug-likeness (QED) is 0.559. The topological polar surface area (TPSA) is 81.7 Å². The van der Waals surface area contributed by atoms with Gasteiger partial charge in [-0.1, -0.05) is 17.7 Å². The van der Waals surface area contributed by atoms with Gasteiger partial charge in [-0.2, -0.15) is 0 Å². The van der Waals surface area contributed by atoms with Crippen molar-refractivity contribution < 1.29 is 28.2 Å². The van der Waals surface area contributed by atoms with Gasteiger partial charge in [-0.15, -0.1) is 0 Å². The number of hydrogen-bond acceptors (Lipinski definition) is 5. The zero-order chi connectivity index (χ0) is 20.5. The van der Waals surface area contributed by atoms with Crippen molar-refractivity contribution in [3.63, 3.8) is 0 Å². The standard InChI is InChI=1S/C20H17ClFNO5/c1-2-27-20(26)13-6-8-14(9-7-13)23-18(24)12-28-19(25)11-10-15-16(21)4-3-5-17(15)22/h3-11H,2,12H2,1H3,(H,23,24). The largest absolute Gasteiger partial charge is 0.462 e. The summed E-state index contributed by atoms with van der Waals surface area (Å²) in [7, 11) is 0. The van der Waals surface area contributed by atoms with Gasteiger partial charge >= 0.3 is 11.9 Å². The summed E-state index contributed by atoms with van der Waals surface area (Å²) in [6, 6.07) is 10.2. The van der Waals surface area contributed by atoms with Gasteiger partial charge in [-0.05, 0) is 49.4 Å². The highest BCUT2D eigenvalue weighted by Crippen LogP contribution is 2.20. The van der Waals surface area contributed by atoms with Crippen LogP contribution in [-0.4, -0.2) is 31.1 Å². The lowest BCUT2D eigenvalue weighted by Gasteiger charge is -2.07. The van der Waals surface area contributed by atoms with Crippen LogP contribution in [0.5, 0.6) is 0 Å². The van der Waals surface area contributed by atoms with Gasteiger partial charge in [0, 0.05) is 17.3 Å². The molecule has 0 aliphatic heterocycles. The number of hydrogen-bond donors (Lipinski definition) is 1. The predicted molar refractivity (Wildman–Crippen MR) is 102 cm³/mol. The third-order valence-corrected chi connectivity index (χ3v) is 3.74. The molecule has 146 valence electrons. The SMILES string of the molecule is CCOC(=O)c1ccc(NC(=O)COC(=O)C=Cc2c(F)cccc2Cl)cc1. The molecule has 0 aliphatic carbocycles. The highest BCUT2D eigenvalue weighted by atomic mass is 35.5. The second kappa shape index (κ2) is 10.2. The molecule has 0 aliphatic rings. The molecule has 0 atom stereocenters. The molecule has 2 aromatic carbocycles. The number of rotatable bonds is 7. The normalized spacial score (nSPS) is 10.5. The van der Waals surface area contributed by atoms with Gasteiger partial charge in [0.15, 0.2) is 6.61 Å². The summed E-state index contributed by atoms with van der Waals surface area (Å²) < 4.78 is 23.3. The van der Waals surface area contributed by atoms with Crippen LogP contribution < -0.4 is 5.32 Å². The molecule has 1 amide bonds. The summed E-state index contributed by atoms with van der Waals surface area (Å²) in [6.07, 6.45) is 2.15. The minimum atomic E-state index is -0.827. The number of benzene rings is 2. The number of esters is 2. The van der Waals surface area contributed by atoms with Crippen LogP contribution in [0.3, 0.4) is 0 Å². The first-order valence-electron chi connectivity index (χ1n) is 8.26. The van der Waals surface area contributed by atoms with Gasteiger partial charge in [0.25, 0.3) is 5.91 Å². The molecule has 1 N–H and O–H groups in total. The number of anilines is 1. The summed E-state index contributed by atoms with van der Waals surface area (Å²) in [5.74, 6) is -2.45. The first-order valence-corrected chi connectivity index (χ1v) is 8.64. The summed E-state index contributed by atoms with van der Waals surface area (Å²) in [4.78, 5) is 35.1. The van der Waals surface area contributed by atoms with Crippen LogP contribution in [0.4, 0.5) is 10.1 Å². The van der Waals surface area contributed by atoms with Crippen LogP contribution in [0.15, 0.2) is 48.5 Å². The van der Waals surface area contributed by atoms with Gasteiger partial charge < -0.3 is 14.8 Å². The lowest BCUT2D eigenvalue weighted by molar-refractivity contribution is -0.142. The molecular weight excluding hydrogens is 389 g/mol. The number of halogens is 2. The van der Waals surface area contributed by atoms with Crippen molar-refractivity contribution in [3.8, 4) is 0 Å². The van der Waals surface area contributed by atoms with E-state index in [0.717, 1.165) is 6.08 Å². The average molecular weight is 406 g/mol. The van der Waals surface area contributed by atoms with Gasteiger partial charge in [-0.3, -0.25) is 4.79 Å². The van der Waals surface area contributed by atoms with Crippen LogP contribution in [0, 0.1) is 5.82 Å². The summed E-state index contributed by atoms with van der Waals surface area (Å²) in [5.41, 5.74) is 0.818. The molecule has 2 aromatic rings. The molecule has 28 heavy (non-hydrogen) atoms. The molecular formula is C20H17ClFNO5. The van der Waals surface area contributed by atoms with Gasteiger partial charge in [0.2, 0.25) is 0 Å². The minimum absolute atomic E-state index is 0.0484. The van der Waals surface area contributed by atoms with E-state index in [1.807, 2.05) is 0 Å². The van der Waals surface area contributed by atoms with E-state index in [0.29, 0.717) is 11.3 Å². The first kappa shape index (κ1) is 21.1. The van der Waals surface area contributed by atoms with Crippen molar-refractivity contribution in [3.05, 3.63) is 70.5 Å². The Hall–Kier alpha value is -3.19. The van der Waals surface area contributed by atoms with Crippen LogP contribution in [0.2, 0.25) is 5.02 Å². The third-order valence-electron chi connectivity index (χ3n) is 3.41. The minimum Gasteiger partial charge on any atom is -0.462 e. The fourth-order valence-electron chi connectivity index (χ4n) is 2.11. The zero-order valence-electron chi connectivity index (χ0n) is 14.9. The van der Waals surface area contributed by atoms with Crippen molar-refractivity contribution in [1.82, 2.24) is 0 Å². The Bertz CT molecular complexity index is 876. The molecule has 8 heteroatoms. The predicted octanol–water partition coefficient (Wildman–Crippen LogP) is 3.85. The summed E-state index contributed by atoms with van der Waals surface area (Å²) >= 11 is 5.84. The molecule has 0 heterocycles. The van der Waals surface area contributed by atoms with E-state index in [-0.39, 0.29) is 17.2 Å². The molecule has 6 nitrogen and oxygen atoms in total. The van der Waals surface area contributed by atoms with Gasteiger partial charge in [0.05, 0.1) is 17.2 Å². The number of nitrogens with one attached hydrogen (secondary N) is 1. The smallest absolute Gasteiger partial charge is 0.338 e. The molecule has 2 rings (SSSR count). The third kappa shape index (κ3) is 6.21. The van der Waals surface area contributed by atoms with E-state index in [1.54, 1.807) is 6.92 Å². The maximum absolute atomic E-state index is 13.6. The molecule has 0 unspecified atom stereocenters. The Kier molecular flexibility index (Phi) is 7.71. The Labute approximate surface area is 165 Å². The summed E-state index contributed by atoms with van der Waals surface area (Å²) in [6.45, 7) is 1.43. The number of carbonyl (C=O) groups excluding carboxylic acids is 3. The van der Waals surface area contributed by atoms with Crippen LogP contribution in [-0.2, 0) is 19.1 Å². The Morgan fingerprint density at radius 2 is 1.82 bits per heavy atom. The maximum Gasteiger partial charge on any atom is 0.338 e. The molecule has 0 saturated heterocycles. The lowest BCUT2D eigenvalue weighted by Crippen LogP contribution is -2.20. The Morgan fingerprint density at radius 1 is 1.11 bits per heavy atom. The van der Waals surface area contributed by atoms with E-state index < -0.39 is 30.3 Å². The second-order valence-electron chi connectivity index (χ2n) is 5.42. The van der Waals surface area contributed by atoms with E-state index in [1.165, 1.54) is 48.5 Å². The van der Waals surface area contributed by atoms with Crippen molar-refractivity contribution in [2.24, 2.45) is 0 Å². The number of carbonyl (C=O) groups is 3. The fraction of sp³-hybridized carbons (Fsp3) is 0.150. The average Bonchev–Trinajstić information content (AvgIpc) is 2.67. The molecule has 0 bridgehead atoms. The van der Waals surface area contributed by atoms with Crippen molar-refractivity contribution in [2.45, 2.75) is 6.92 Å². The molecule has 0 fully saturated rings. The zero-order valence-corrected chi connectivity index (χ0v) is 15.7. The molecule has 0 aromatic heterocycles. The first-order chi connectivity index (χ1) is 13.4. The molecule has 0 spiro atoms. The van der Waals surface area contributed by atoms with E-state index in [2.05, 4.69) is 5.32 Å². The monoisotopic (exact) mass is 405 g/mol.